The smallest absolute Gasteiger partial charge is 0.287 e. The van der Waals surface area contributed by atoms with Gasteiger partial charge in [0.1, 0.15) is 0 Å². The molecule has 1 aromatic carbocycles. The third kappa shape index (κ3) is 2.75. The van der Waals surface area contributed by atoms with E-state index < -0.39 is 0 Å². The van der Waals surface area contributed by atoms with Gasteiger partial charge in [-0.15, -0.1) is 0 Å². The molecule has 20 heavy (non-hydrogen) atoms. The highest BCUT2D eigenvalue weighted by Gasteiger charge is 2.20. The lowest BCUT2D eigenvalue weighted by Crippen LogP contribution is -2.31. The summed E-state index contributed by atoms with van der Waals surface area (Å²) in [6.45, 7) is 1.32. The molecule has 1 aliphatic rings. The number of hydrogen-bond acceptors (Lipinski definition) is 3. The summed E-state index contributed by atoms with van der Waals surface area (Å²) in [6, 6.07) is 11.6. The lowest BCUT2D eigenvalue weighted by molar-refractivity contribution is 0.0836. The normalized spacial score (nSPS) is 18.1. The number of nitrogens with one attached hydrogen (secondary N) is 1. The maximum absolute atomic E-state index is 12.2. The van der Waals surface area contributed by atoms with Gasteiger partial charge in [-0.2, -0.15) is 0 Å². The van der Waals surface area contributed by atoms with Crippen molar-refractivity contribution >= 4 is 5.91 Å². The quantitative estimate of drug-likeness (QED) is 0.930. The average Bonchev–Trinajstić information content (AvgIpc) is 3.17. The topological polar surface area (TPSA) is 51.5 Å². The summed E-state index contributed by atoms with van der Waals surface area (Å²) >= 11 is 0. The van der Waals surface area contributed by atoms with Gasteiger partial charge < -0.3 is 14.5 Å². The highest BCUT2D eigenvalue weighted by atomic mass is 16.5. The molecule has 1 aliphatic heterocycles. The van der Waals surface area contributed by atoms with Gasteiger partial charge in [0.05, 0.1) is 12.4 Å². The number of hydrogen-bond donors (Lipinski definition) is 1. The molecule has 1 N–H and O–H groups in total. The molecule has 2 heterocycles. The van der Waals surface area contributed by atoms with Crippen molar-refractivity contribution in [3.63, 3.8) is 0 Å². The van der Waals surface area contributed by atoms with Gasteiger partial charge in [-0.3, -0.25) is 4.79 Å². The molecule has 4 heteroatoms. The largest absolute Gasteiger partial charge is 0.459 e. The number of carbonyl (C=O) groups excluding carboxylic acids is 1. The van der Waals surface area contributed by atoms with Crippen LogP contribution in [0.3, 0.4) is 0 Å². The summed E-state index contributed by atoms with van der Waals surface area (Å²) in [6.07, 6.45) is 3.75. The Morgan fingerprint density at radius 3 is 2.85 bits per heavy atom. The molecule has 1 amide bonds. The molecule has 0 saturated carbocycles. The fourth-order valence-electron chi connectivity index (χ4n) is 2.42. The number of carbonyl (C=O) groups is 1. The second-order valence-electron chi connectivity index (χ2n) is 4.87. The maximum atomic E-state index is 12.2. The van der Waals surface area contributed by atoms with Gasteiger partial charge in [0.25, 0.3) is 5.91 Å². The van der Waals surface area contributed by atoms with Crippen molar-refractivity contribution in [2.24, 2.45) is 0 Å². The van der Waals surface area contributed by atoms with Crippen molar-refractivity contribution in [3.05, 3.63) is 48.4 Å². The van der Waals surface area contributed by atoms with Gasteiger partial charge in [0.2, 0.25) is 0 Å². The van der Waals surface area contributed by atoms with E-state index in [9.17, 15) is 4.79 Å². The molecular weight excluding hydrogens is 254 g/mol. The zero-order valence-electron chi connectivity index (χ0n) is 11.2. The first-order valence-electron chi connectivity index (χ1n) is 6.87. The van der Waals surface area contributed by atoms with Crippen LogP contribution < -0.4 is 5.32 Å². The first-order chi connectivity index (χ1) is 9.84. The molecule has 4 nitrogen and oxygen atoms in total. The molecule has 1 saturated heterocycles. The SMILES string of the molecule is O=C(NC[C@@H]1CCCO1)c1occc1-c1ccccc1. The fraction of sp³-hybridized carbons (Fsp3) is 0.312. The van der Waals surface area contributed by atoms with Crippen molar-refractivity contribution < 1.29 is 13.9 Å². The van der Waals surface area contributed by atoms with Crippen LogP contribution in [0.1, 0.15) is 23.4 Å². The Kier molecular flexibility index (Phi) is 3.83. The van der Waals surface area contributed by atoms with Crippen LogP contribution in [-0.4, -0.2) is 25.2 Å². The average molecular weight is 271 g/mol. The number of benzene rings is 1. The predicted molar refractivity (Wildman–Crippen MR) is 75.5 cm³/mol. The van der Waals surface area contributed by atoms with Gasteiger partial charge in [-0.25, -0.2) is 0 Å². The summed E-state index contributed by atoms with van der Waals surface area (Å²) in [5.74, 6) is 0.165. The molecule has 104 valence electrons. The van der Waals surface area contributed by atoms with Crippen molar-refractivity contribution in [2.45, 2.75) is 18.9 Å². The van der Waals surface area contributed by atoms with Crippen molar-refractivity contribution in [3.8, 4) is 11.1 Å². The summed E-state index contributed by atoms with van der Waals surface area (Å²) in [5, 5.41) is 2.88. The highest BCUT2D eigenvalue weighted by Crippen LogP contribution is 2.24. The molecule has 3 rings (SSSR count). The van der Waals surface area contributed by atoms with Gasteiger partial charge in [-0.05, 0) is 24.5 Å². The number of ether oxygens (including phenoxy) is 1. The van der Waals surface area contributed by atoms with E-state index in [2.05, 4.69) is 5.32 Å². The van der Waals surface area contributed by atoms with E-state index in [0.717, 1.165) is 30.6 Å². The van der Waals surface area contributed by atoms with E-state index in [1.54, 1.807) is 6.26 Å². The first-order valence-corrected chi connectivity index (χ1v) is 6.87. The molecule has 1 atom stereocenters. The Hall–Kier alpha value is -2.07. The lowest BCUT2D eigenvalue weighted by Gasteiger charge is -2.10. The first kappa shape index (κ1) is 12.9. The Morgan fingerprint density at radius 1 is 1.25 bits per heavy atom. The Balaban J connectivity index is 1.70. The van der Waals surface area contributed by atoms with Crippen molar-refractivity contribution in [1.82, 2.24) is 5.32 Å². The molecule has 0 bridgehead atoms. The van der Waals surface area contributed by atoms with E-state index in [0.29, 0.717) is 12.3 Å². The van der Waals surface area contributed by atoms with E-state index in [1.165, 1.54) is 0 Å². The predicted octanol–water partition coefficient (Wildman–Crippen LogP) is 2.86. The molecular formula is C16H17NO3. The summed E-state index contributed by atoms with van der Waals surface area (Å²) in [7, 11) is 0. The summed E-state index contributed by atoms with van der Waals surface area (Å²) in [5.41, 5.74) is 1.79. The van der Waals surface area contributed by atoms with Crippen LogP contribution in [0.2, 0.25) is 0 Å². The number of furan rings is 1. The van der Waals surface area contributed by atoms with Crippen LogP contribution in [0.15, 0.2) is 47.1 Å². The monoisotopic (exact) mass is 271 g/mol. The Bertz CT molecular complexity index is 570. The van der Waals surface area contributed by atoms with Gasteiger partial charge >= 0.3 is 0 Å². The second-order valence-corrected chi connectivity index (χ2v) is 4.87. The summed E-state index contributed by atoms with van der Waals surface area (Å²) < 4.78 is 10.8. The molecule has 2 aromatic rings. The van der Waals surface area contributed by atoms with E-state index in [4.69, 9.17) is 9.15 Å². The van der Waals surface area contributed by atoms with Crippen molar-refractivity contribution in [1.29, 1.82) is 0 Å². The summed E-state index contributed by atoms with van der Waals surface area (Å²) in [4.78, 5) is 12.2. The Morgan fingerprint density at radius 2 is 2.10 bits per heavy atom. The third-order valence-corrected chi connectivity index (χ3v) is 3.47. The van der Waals surface area contributed by atoms with Crippen molar-refractivity contribution in [2.75, 3.05) is 13.2 Å². The minimum atomic E-state index is -0.190. The minimum Gasteiger partial charge on any atom is -0.459 e. The van der Waals surface area contributed by atoms with Crippen LogP contribution in [-0.2, 0) is 4.74 Å². The zero-order chi connectivity index (χ0) is 13.8. The molecule has 0 aliphatic carbocycles. The van der Waals surface area contributed by atoms with Gasteiger partial charge in [-0.1, -0.05) is 30.3 Å². The Labute approximate surface area is 117 Å². The maximum Gasteiger partial charge on any atom is 0.287 e. The third-order valence-electron chi connectivity index (χ3n) is 3.47. The molecule has 1 fully saturated rings. The van der Waals surface area contributed by atoms with Crippen LogP contribution >= 0.6 is 0 Å². The van der Waals surface area contributed by atoms with E-state index in [-0.39, 0.29) is 12.0 Å². The molecule has 1 aromatic heterocycles. The standard InChI is InChI=1S/C16H17NO3/c18-16(17-11-13-7-4-9-19-13)15-14(8-10-20-15)12-5-2-1-3-6-12/h1-3,5-6,8,10,13H,4,7,9,11H2,(H,17,18)/t13-/m0/s1. The van der Waals surface area contributed by atoms with Crippen LogP contribution in [0.5, 0.6) is 0 Å². The van der Waals surface area contributed by atoms with E-state index >= 15 is 0 Å². The van der Waals surface area contributed by atoms with Gasteiger partial charge in [0.15, 0.2) is 5.76 Å². The molecule has 0 radical (unpaired) electrons. The number of rotatable bonds is 4. The fourth-order valence-corrected chi connectivity index (χ4v) is 2.42. The number of amides is 1. The molecule has 0 unspecified atom stereocenters. The highest BCUT2D eigenvalue weighted by molar-refractivity contribution is 5.98. The zero-order valence-corrected chi connectivity index (χ0v) is 11.2. The van der Waals surface area contributed by atoms with Crippen LogP contribution in [0.4, 0.5) is 0 Å². The van der Waals surface area contributed by atoms with Gasteiger partial charge in [0, 0.05) is 18.7 Å². The van der Waals surface area contributed by atoms with E-state index in [1.807, 2.05) is 36.4 Å². The van der Waals surface area contributed by atoms with Crippen LogP contribution in [0, 0.1) is 0 Å². The van der Waals surface area contributed by atoms with Crippen LogP contribution in [0.25, 0.3) is 11.1 Å². The minimum absolute atomic E-state index is 0.133. The second kappa shape index (κ2) is 5.92. The molecule has 0 spiro atoms. The lowest BCUT2D eigenvalue weighted by atomic mass is 10.1.